The first-order valence-corrected chi connectivity index (χ1v) is 9.34. The fraction of sp³-hybridized carbons (Fsp3) is 0.600. The molecule has 5 heteroatoms. The van der Waals surface area contributed by atoms with Crippen LogP contribution in [0.25, 0.3) is 0 Å². The van der Waals surface area contributed by atoms with Crippen LogP contribution in [0.1, 0.15) is 50.7 Å². The van der Waals surface area contributed by atoms with E-state index in [1.54, 1.807) is 6.92 Å². The third kappa shape index (κ3) is 6.16. The van der Waals surface area contributed by atoms with Gasteiger partial charge in [-0.05, 0) is 44.5 Å². The standard InChI is InChI=1S/C20H31N3O2/c1-4-23(3)14-17-9-7-8-16(12-17)13-21-19(24)15(2)22-20(25)18-10-5-6-11-18/h7-9,12,15,18H,4-6,10-11,13-14H2,1-3H3,(H,21,24)(H,22,25)/t15-/m1/s1. The number of hydrogen-bond donors (Lipinski definition) is 2. The van der Waals surface area contributed by atoms with E-state index in [2.05, 4.69) is 41.6 Å². The first kappa shape index (κ1) is 19.4. The molecule has 1 aliphatic rings. The van der Waals surface area contributed by atoms with E-state index in [0.29, 0.717) is 6.54 Å². The molecule has 0 aromatic heterocycles. The molecule has 2 amide bonds. The van der Waals surface area contributed by atoms with E-state index in [0.717, 1.165) is 44.3 Å². The first-order chi connectivity index (χ1) is 12.0. The minimum Gasteiger partial charge on any atom is -0.350 e. The van der Waals surface area contributed by atoms with Gasteiger partial charge in [0.15, 0.2) is 0 Å². The van der Waals surface area contributed by atoms with E-state index in [1.165, 1.54) is 5.56 Å². The number of nitrogens with zero attached hydrogens (tertiary/aromatic N) is 1. The highest BCUT2D eigenvalue weighted by Crippen LogP contribution is 2.24. The first-order valence-electron chi connectivity index (χ1n) is 9.34. The van der Waals surface area contributed by atoms with E-state index >= 15 is 0 Å². The van der Waals surface area contributed by atoms with Crippen LogP contribution in [0.5, 0.6) is 0 Å². The monoisotopic (exact) mass is 345 g/mol. The molecular formula is C20H31N3O2. The van der Waals surface area contributed by atoms with E-state index in [-0.39, 0.29) is 17.7 Å². The molecule has 0 bridgehead atoms. The number of carbonyl (C=O) groups is 2. The average molecular weight is 345 g/mol. The largest absolute Gasteiger partial charge is 0.350 e. The number of nitrogens with one attached hydrogen (secondary N) is 2. The Morgan fingerprint density at radius 1 is 1.24 bits per heavy atom. The minimum atomic E-state index is -0.498. The van der Waals surface area contributed by atoms with E-state index in [1.807, 2.05) is 12.1 Å². The van der Waals surface area contributed by atoms with Crippen molar-refractivity contribution in [2.45, 2.75) is 58.7 Å². The molecule has 1 fully saturated rings. The summed E-state index contributed by atoms with van der Waals surface area (Å²) in [5, 5.41) is 5.77. The van der Waals surface area contributed by atoms with Crippen molar-refractivity contribution in [1.82, 2.24) is 15.5 Å². The molecule has 0 aliphatic heterocycles. The third-order valence-corrected chi connectivity index (χ3v) is 4.93. The summed E-state index contributed by atoms with van der Waals surface area (Å²) in [7, 11) is 2.09. The zero-order valence-corrected chi connectivity index (χ0v) is 15.7. The maximum atomic E-state index is 12.2. The van der Waals surface area contributed by atoms with Crippen LogP contribution in [0.15, 0.2) is 24.3 Å². The number of benzene rings is 1. The zero-order chi connectivity index (χ0) is 18.2. The predicted octanol–water partition coefficient (Wildman–Crippen LogP) is 2.45. The van der Waals surface area contributed by atoms with Gasteiger partial charge < -0.3 is 15.5 Å². The Kier molecular flexibility index (Phi) is 7.44. The van der Waals surface area contributed by atoms with E-state index < -0.39 is 6.04 Å². The van der Waals surface area contributed by atoms with Crippen LogP contribution in [0, 0.1) is 5.92 Å². The van der Waals surface area contributed by atoms with Crippen molar-refractivity contribution in [1.29, 1.82) is 0 Å². The molecule has 1 aromatic rings. The van der Waals surface area contributed by atoms with Crippen molar-refractivity contribution in [3.05, 3.63) is 35.4 Å². The van der Waals surface area contributed by atoms with E-state index in [4.69, 9.17) is 0 Å². The molecule has 1 saturated carbocycles. The van der Waals surface area contributed by atoms with Crippen LogP contribution in [0.2, 0.25) is 0 Å². The van der Waals surface area contributed by atoms with Gasteiger partial charge in [0.25, 0.3) is 0 Å². The van der Waals surface area contributed by atoms with Crippen molar-refractivity contribution >= 4 is 11.8 Å². The Labute approximate surface area is 151 Å². The van der Waals surface area contributed by atoms with E-state index in [9.17, 15) is 9.59 Å². The lowest BCUT2D eigenvalue weighted by Gasteiger charge is -2.17. The Morgan fingerprint density at radius 3 is 2.60 bits per heavy atom. The molecule has 1 aliphatic carbocycles. The maximum Gasteiger partial charge on any atom is 0.242 e. The van der Waals surface area contributed by atoms with Crippen LogP contribution in [-0.2, 0) is 22.7 Å². The van der Waals surface area contributed by atoms with Crippen LogP contribution in [0.3, 0.4) is 0 Å². The highest BCUT2D eigenvalue weighted by molar-refractivity contribution is 5.88. The molecule has 0 unspecified atom stereocenters. The van der Waals surface area contributed by atoms with Gasteiger partial charge in [-0.25, -0.2) is 0 Å². The Balaban J connectivity index is 1.80. The third-order valence-electron chi connectivity index (χ3n) is 4.93. The molecular weight excluding hydrogens is 314 g/mol. The number of rotatable bonds is 8. The number of carbonyl (C=O) groups excluding carboxylic acids is 2. The van der Waals surface area contributed by atoms with Gasteiger partial charge in [-0.1, -0.05) is 44.0 Å². The Hall–Kier alpha value is -1.88. The lowest BCUT2D eigenvalue weighted by molar-refractivity contribution is -0.130. The van der Waals surface area contributed by atoms with Crippen molar-refractivity contribution in [2.75, 3.05) is 13.6 Å². The molecule has 5 nitrogen and oxygen atoms in total. The molecule has 1 aromatic carbocycles. The predicted molar refractivity (Wildman–Crippen MR) is 99.9 cm³/mol. The highest BCUT2D eigenvalue weighted by atomic mass is 16.2. The van der Waals surface area contributed by atoms with Crippen LogP contribution in [-0.4, -0.2) is 36.3 Å². The molecule has 25 heavy (non-hydrogen) atoms. The summed E-state index contributed by atoms with van der Waals surface area (Å²) in [6.45, 7) is 6.25. The summed E-state index contributed by atoms with van der Waals surface area (Å²) in [5.74, 6) is -0.0327. The lowest BCUT2D eigenvalue weighted by atomic mass is 10.1. The van der Waals surface area contributed by atoms with Gasteiger partial charge in [0.05, 0.1) is 0 Å². The molecule has 0 saturated heterocycles. The molecule has 0 spiro atoms. The van der Waals surface area contributed by atoms with Crippen molar-refractivity contribution < 1.29 is 9.59 Å². The second-order valence-electron chi connectivity index (χ2n) is 7.08. The normalized spacial score (nSPS) is 16.0. The topological polar surface area (TPSA) is 61.4 Å². The summed E-state index contributed by atoms with van der Waals surface area (Å²) in [4.78, 5) is 26.6. The van der Waals surface area contributed by atoms with Crippen molar-refractivity contribution in [3.8, 4) is 0 Å². The van der Waals surface area contributed by atoms with Gasteiger partial charge in [0.1, 0.15) is 6.04 Å². The maximum absolute atomic E-state index is 12.2. The quantitative estimate of drug-likeness (QED) is 0.761. The summed E-state index contributed by atoms with van der Waals surface area (Å²) in [6, 6.07) is 7.75. The van der Waals surface area contributed by atoms with Crippen LogP contribution >= 0.6 is 0 Å². The summed E-state index contributed by atoms with van der Waals surface area (Å²) in [5.41, 5.74) is 2.31. The molecule has 1 atom stereocenters. The fourth-order valence-electron chi connectivity index (χ4n) is 3.19. The SMILES string of the molecule is CCN(C)Cc1cccc(CNC(=O)[C@@H](C)NC(=O)C2CCCC2)c1. The second kappa shape index (κ2) is 9.56. The number of hydrogen-bond acceptors (Lipinski definition) is 3. The number of amides is 2. The fourth-order valence-corrected chi connectivity index (χ4v) is 3.19. The van der Waals surface area contributed by atoms with Gasteiger partial charge in [-0.15, -0.1) is 0 Å². The van der Waals surface area contributed by atoms with Gasteiger partial charge in [-0.3, -0.25) is 9.59 Å². The summed E-state index contributed by atoms with van der Waals surface area (Å²) < 4.78 is 0. The minimum absolute atomic E-state index is 0.0183. The van der Waals surface area contributed by atoms with Gasteiger partial charge in [0, 0.05) is 19.0 Å². The summed E-state index contributed by atoms with van der Waals surface area (Å²) in [6.07, 6.45) is 4.11. The highest BCUT2D eigenvalue weighted by Gasteiger charge is 2.25. The van der Waals surface area contributed by atoms with Crippen LogP contribution < -0.4 is 10.6 Å². The Morgan fingerprint density at radius 2 is 1.92 bits per heavy atom. The Bertz CT molecular complexity index is 582. The van der Waals surface area contributed by atoms with Crippen LogP contribution in [0.4, 0.5) is 0 Å². The van der Waals surface area contributed by atoms with Gasteiger partial charge in [0.2, 0.25) is 11.8 Å². The van der Waals surface area contributed by atoms with Crippen molar-refractivity contribution in [3.63, 3.8) is 0 Å². The molecule has 0 heterocycles. The molecule has 2 N–H and O–H groups in total. The lowest BCUT2D eigenvalue weighted by Crippen LogP contribution is -2.46. The smallest absolute Gasteiger partial charge is 0.242 e. The molecule has 0 radical (unpaired) electrons. The van der Waals surface area contributed by atoms with Crippen molar-refractivity contribution in [2.24, 2.45) is 5.92 Å². The van der Waals surface area contributed by atoms with Gasteiger partial charge in [-0.2, -0.15) is 0 Å². The molecule has 2 rings (SSSR count). The van der Waals surface area contributed by atoms with Gasteiger partial charge >= 0.3 is 0 Å². The molecule has 138 valence electrons. The summed E-state index contributed by atoms with van der Waals surface area (Å²) >= 11 is 0. The average Bonchev–Trinajstić information content (AvgIpc) is 3.14. The second-order valence-corrected chi connectivity index (χ2v) is 7.08. The zero-order valence-electron chi connectivity index (χ0n) is 15.7.